The van der Waals surface area contributed by atoms with Gasteiger partial charge in [-0.3, -0.25) is 24.4 Å². The van der Waals surface area contributed by atoms with Crippen molar-refractivity contribution in [1.82, 2.24) is 45.1 Å². The number of fused-ring (bicyclic) bond motifs is 2. The molecular weight excluding hydrogens is 588 g/mol. The van der Waals surface area contributed by atoms with Gasteiger partial charge in [-0.25, -0.2) is 4.98 Å². The van der Waals surface area contributed by atoms with Crippen molar-refractivity contribution in [2.75, 3.05) is 16.4 Å². The van der Waals surface area contributed by atoms with Gasteiger partial charge in [0.2, 0.25) is 11.8 Å². The maximum atomic E-state index is 12.0. The minimum absolute atomic E-state index is 0.0250. The van der Waals surface area contributed by atoms with Crippen LogP contribution in [0.1, 0.15) is 25.7 Å². The molecule has 8 rings (SSSR count). The fraction of sp³-hybridized carbons (Fsp3) is 0.250. The Morgan fingerprint density at radius 1 is 0.951 bits per heavy atom. The first-order valence-corrected chi connectivity index (χ1v) is 14.7. The average Bonchev–Trinajstić information content (AvgIpc) is 3.77. The number of carbonyl (C=O) groups is 2. The molecule has 2 saturated carbocycles. The summed E-state index contributed by atoms with van der Waals surface area (Å²) in [7, 11) is 0. The summed E-state index contributed by atoms with van der Waals surface area (Å²) in [5.74, 6) is 2.07. The molecule has 2 aliphatic carbocycles. The van der Waals surface area contributed by atoms with Crippen molar-refractivity contribution in [3.63, 3.8) is 0 Å². The maximum Gasteiger partial charge on any atom is 0.229 e. The standard InChI is InChI=1S/C16H12ClN7OS.C8H9N5OS/c17-10-4-2-1-3-9(10)13-22-18-7-24(13)14-11-12(21-23-14)19-16(26-11)20-15(25)8-5-6-8;9-5-4-6(13-12-5)10-8(15-4)11-7(14)3-1-2-3/h1-4,7-8H,5-6H2,(H2,19,20,21,23,25);3H,1-2H2,(H4,9,10,11,12,13,14). The number of carbonyl (C=O) groups excluding carboxylic acids is 2. The molecule has 6 aromatic rings. The zero-order valence-electron chi connectivity index (χ0n) is 21.1. The van der Waals surface area contributed by atoms with E-state index >= 15 is 0 Å². The summed E-state index contributed by atoms with van der Waals surface area (Å²) in [6.45, 7) is 0. The number of nitrogens with one attached hydrogen (secondary N) is 4. The lowest BCUT2D eigenvalue weighted by Crippen LogP contribution is -2.12. The molecule has 41 heavy (non-hydrogen) atoms. The molecule has 0 bridgehead atoms. The van der Waals surface area contributed by atoms with E-state index in [2.05, 4.69) is 51.2 Å². The third kappa shape index (κ3) is 5.12. The summed E-state index contributed by atoms with van der Waals surface area (Å²) in [6, 6.07) is 7.42. The van der Waals surface area contributed by atoms with Crippen molar-refractivity contribution in [2.24, 2.45) is 11.8 Å². The summed E-state index contributed by atoms with van der Waals surface area (Å²) in [6.07, 6.45) is 5.44. The van der Waals surface area contributed by atoms with Crippen LogP contribution in [-0.2, 0) is 9.59 Å². The van der Waals surface area contributed by atoms with Gasteiger partial charge >= 0.3 is 0 Å². The number of rotatable bonds is 6. The van der Waals surface area contributed by atoms with Crippen molar-refractivity contribution < 1.29 is 9.59 Å². The molecule has 0 atom stereocenters. The highest BCUT2D eigenvalue weighted by Crippen LogP contribution is 2.35. The van der Waals surface area contributed by atoms with Crippen molar-refractivity contribution in [2.45, 2.75) is 25.7 Å². The smallest absolute Gasteiger partial charge is 0.229 e. The zero-order chi connectivity index (χ0) is 28.1. The van der Waals surface area contributed by atoms with Gasteiger partial charge < -0.3 is 16.4 Å². The number of H-pyrrole nitrogens is 2. The van der Waals surface area contributed by atoms with Gasteiger partial charge in [-0.2, -0.15) is 15.2 Å². The van der Waals surface area contributed by atoms with Gasteiger partial charge in [-0.1, -0.05) is 46.4 Å². The van der Waals surface area contributed by atoms with Crippen molar-refractivity contribution in [3.05, 3.63) is 35.6 Å². The molecule has 0 aliphatic heterocycles. The van der Waals surface area contributed by atoms with E-state index in [4.69, 9.17) is 17.3 Å². The number of aromatic nitrogens is 9. The molecule has 1 aromatic carbocycles. The summed E-state index contributed by atoms with van der Waals surface area (Å²) >= 11 is 9.00. The third-order valence-electron chi connectivity index (χ3n) is 6.48. The van der Waals surface area contributed by atoms with Crippen LogP contribution >= 0.6 is 34.3 Å². The predicted molar refractivity (Wildman–Crippen MR) is 156 cm³/mol. The Labute approximate surface area is 243 Å². The Bertz CT molecular complexity index is 1910. The number of anilines is 3. The number of amides is 2. The van der Waals surface area contributed by atoms with Crippen LogP contribution in [0, 0.1) is 11.8 Å². The molecular formula is C24H21ClN12O2S2. The van der Waals surface area contributed by atoms with Crippen LogP contribution in [0.15, 0.2) is 30.6 Å². The molecule has 14 nitrogen and oxygen atoms in total. The number of thiazole rings is 2. The molecule has 17 heteroatoms. The Morgan fingerprint density at radius 2 is 1.63 bits per heavy atom. The van der Waals surface area contributed by atoms with Gasteiger partial charge in [0, 0.05) is 17.4 Å². The van der Waals surface area contributed by atoms with Gasteiger partial charge in [0.25, 0.3) is 0 Å². The Morgan fingerprint density at radius 3 is 2.32 bits per heavy atom. The predicted octanol–water partition coefficient (Wildman–Crippen LogP) is 4.22. The molecule has 0 saturated heterocycles. The molecule has 2 fully saturated rings. The van der Waals surface area contributed by atoms with E-state index in [-0.39, 0.29) is 23.7 Å². The van der Waals surface area contributed by atoms with Crippen LogP contribution in [0.2, 0.25) is 5.02 Å². The minimum atomic E-state index is 0.0250. The zero-order valence-corrected chi connectivity index (χ0v) is 23.5. The molecule has 6 N–H and O–H groups in total. The van der Waals surface area contributed by atoms with Crippen molar-refractivity contribution >= 4 is 82.9 Å². The normalized spacial score (nSPS) is 14.7. The molecule has 0 spiro atoms. The fourth-order valence-corrected chi connectivity index (χ4v) is 5.96. The van der Waals surface area contributed by atoms with E-state index in [1.54, 1.807) is 17.0 Å². The number of hydrogen-bond donors (Lipinski definition) is 5. The largest absolute Gasteiger partial charge is 0.383 e. The first-order chi connectivity index (χ1) is 19.9. The van der Waals surface area contributed by atoms with Crippen LogP contribution in [0.3, 0.4) is 0 Å². The molecule has 2 aliphatic rings. The Hall–Kier alpha value is -4.41. The van der Waals surface area contributed by atoms with E-state index in [1.165, 1.54) is 22.7 Å². The Kier molecular flexibility index (Phi) is 6.36. The minimum Gasteiger partial charge on any atom is -0.383 e. The molecule has 2 amide bonds. The van der Waals surface area contributed by atoms with Crippen LogP contribution in [0.4, 0.5) is 16.1 Å². The number of nitrogens with two attached hydrogens (primary N) is 1. The highest BCUT2D eigenvalue weighted by molar-refractivity contribution is 7.23. The second-order valence-corrected chi connectivity index (χ2v) is 12.0. The molecule has 0 unspecified atom stereocenters. The Balaban J connectivity index is 0.000000156. The van der Waals surface area contributed by atoms with Crippen LogP contribution in [0.25, 0.3) is 37.9 Å². The number of halogens is 1. The van der Waals surface area contributed by atoms with E-state index < -0.39 is 0 Å². The lowest BCUT2D eigenvalue weighted by Gasteiger charge is -2.05. The quantitative estimate of drug-likeness (QED) is 0.184. The number of nitrogen functional groups attached to an aromatic ring is 1. The number of nitrogens with zero attached hydrogens (tertiary/aromatic N) is 7. The molecule has 5 heterocycles. The summed E-state index contributed by atoms with van der Waals surface area (Å²) in [4.78, 5) is 32.0. The average molecular weight is 609 g/mol. The fourth-order valence-electron chi connectivity index (χ4n) is 4.02. The first kappa shape index (κ1) is 25.6. The van der Waals surface area contributed by atoms with Gasteiger partial charge in [-0.05, 0) is 37.8 Å². The van der Waals surface area contributed by atoms with E-state index in [0.29, 0.717) is 44.0 Å². The number of aromatic amines is 2. The molecule has 0 radical (unpaired) electrons. The van der Waals surface area contributed by atoms with E-state index in [1.807, 2.05) is 18.2 Å². The van der Waals surface area contributed by atoms with Gasteiger partial charge in [-0.15, -0.1) is 10.2 Å². The first-order valence-electron chi connectivity index (χ1n) is 12.7. The lowest BCUT2D eigenvalue weighted by molar-refractivity contribution is -0.118. The van der Waals surface area contributed by atoms with Crippen LogP contribution < -0.4 is 16.4 Å². The van der Waals surface area contributed by atoms with Crippen molar-refractivity contribution in [3.8, 4) is 17.2 Å². The van der Waals surface area contributed by atoms with Crippen molar-refractivity contribution in [1.29, 1.82) is 0 Å². The van der Waals surface area contributed by atoms with E-state index in [9.17, 15) is 9.59 Å². The highest BCUT2D eigenvalue weighted by Gasteiger charge is 2.31. The maximum absolute atomic E-state index is 12.0. The third-order valence-corrected chi connectivity index (χ3v) is 8.77. The number of benzene rings is 1. The van der Waals surface area contributed by atoms with Gasteiger partial charge in [0.1, 0.15) is 21.5 Å². The SMILES string of the molecule is Nc1[nH]nc2nc(NC(=O)C3CC3)sc12.O=C(Nc1nc2[nH]nc(-n3cnnc3-c3ccccc3Cl)c2s1)C1CC1. The second-order valence-electron chi connectivity index (χ2n) is 9.58. The second kappa shape index (κ2) is 10.2. The molecule has 208 valence electrons. The van der Waals surface area contributed by atoms with Gasteiger partial charge in [0.05, 0.1) is 5.02 Å². The van der Waals surface area contributed by atoms with E-state index in [0.717, 1.165) is 40.6 Å². The summed E-state index contributed by atoms with van der Waals surface area (Å²) < 4.78 is 3.36. The number of hydrogen-bond acceptors (Lipinski definition) is 11. The summed E-state index contributed by atoms with van der Waals surface area (Å²) in [5, 5.41) is 29.3. The lowest BCUT2D eigenvalue weighted by atomic mass is 10.2. The highest BCUT2D eigenvalue weighted by atomic mass is 35.5. The topological polar surface area (TPSA) is 198 Å². The summed E-state index contributed by atoms with van der Waals surface area (Å²) in [5.41, 5.74) is 7.56. The monoisotopic (exact) mass is 608 g/mol. The van der Waals surface area contributed by atoms with Crippen LogP contribution in [-0.4, -0.2) is 56.9 Å². The van der Waals surface area contributed by atoms with Gasteiger partial charge in [0.15, 0.2) is 33.2 Å². The van der Waals surface area contributed by atoms with Crippen LogP contribution in [0.5, 0.6) is 0 Å². The molecule has 5 aromatic heterocycles.